The Morgan fingerprint density at radius 3 is 2.09 bits per heavy atom. The average Bonchev–Trinajstić information content (AvgIpc) is 2.36. The summed E-state index contributed by atoms with van der Waals surface area (Å²) in [7, 11) is -6.97. The first-order valence-electron chi connectivity index (χ1n) is 7.04. The summed E-state index contributed by atoms with van der Waals surface area (Å²) in [6.45, 7) is 6.21. The van der Waals surface area contributed by atoms with Crippen LogP contribution in [0.25, 0.3) is 0 Å². The Morgan fingerprint density at radius 2 is 1.64 bits per heavy atom. The van der Waals surface area contributed by atoms with Crippen LogP contribution in [0, 0.1) is 12.8 Å². The van der Waals surface area contributed by atoms with Crippen LogP contribution in [0.2, 0.25) is 0 Å². The minimum Gasteiger partial charge on any atom is -0.213 e. The van der Waals surface area contributed by atoms with E-state index in [1.807, 2.05) is 20.8 Å². The van der Waals surface area contributed by atoms with Crippen molar-refractivity contribution < 1.29 is 16.8 Å². The Labute approximate surface area is 133 Å². The van der Waals surface area contributed by atoms with Crippen molar-refractivity contribution >= 4 is 20.0 Å². The molecule has 0 saturated carbocycles. The van der Waals surface area contributed by atoms with Gasteiger partial charge in [-0.15, -0.1) is 0 Å². The molecule has 6 nitrogen and oxygen atoms in total. The molecule has 0 spiro atoms. The van der Waals surface area contributed by atoms with Crippen molar-refractivity contribution in [3.63, 3.8) is 0 Å². The highest BCUT2D eigenvalue weighted by atomic mass is 32.2. The van der Waals surface area contributed by atoms with Gasteiger partial charge in [-0.1, -0.05) is 31.5 Å². The molecule has 0 radical (unpaired) electrons. The van der Waals surface area contributed by atoms with Crippen molar-refractivity contribution in [1.82, 2.24) is 9.03 Å². The molecular formula is C14H24N2O4S2. The predicted molar refractivity (Wildman–Crippen MR) is 87.6 cm³/mol. The van der Waals surface area contributed by atoms with E-state index in [9.17, 15) is 16.8 Å². The predicted octanol–water partition coefficient (Wildman–Crippen LogP) is 1.19. The minimum atomic E-state index is -3.62. The van der Waals surface area contributed by atoms with Crippen LogP contribution in [0.1, 0.15) is 19.4 Å². The lowest BCUT2D eigenvalue weighted by molar-refractivity contribution is 0.372. The van der Waals surface area contributed by atoms with Crippen molar-refractivity contribution in [2.24, 2.45) is 5.92 Å². The molecule has 0 aliphatic rings. The summed E-state index contributed by atoms with van der Waals surface area (Å²) >= 11 is 0. The third-order valence-electron chi connectivity index (χ3n) is 3.02. The molecule has 0 amide bonds. The van der Waals surface area contributed by atoms with E-state index in [0.717, 1.165) is 11.8 Å². The summed E-state index contributed by atoms with van der Waals surface area (Å²) in [5, 5.41) is 0. The molecule has 0 fully saturated rings. The second-order valence-electron chi connectivity index (χ2n) is 5.73. The lowest BCUT2D eigenvalue weighted by atomic mass is 10.2. The van der Waals surface area contributed by atoms with Gasteiger partial charge >= 0.3 is 0 Å². The zero-order chi connectivity index (χ0) is 17.0. The second kappa shape index (κ2) is 7.54. The van der Waals surface area contributed by atoms with Crippen LogP contribution in [-0.4, -0.2) is 47.0 Å². The fourth-order valence-electron chi connectivity index (χ4n) is 1.91. The van der Waals surface area contributed by atoms with Crippen molar-refractivity contribution in [1.29, 1.82) is 0 Å². The molecule has 0 aliphatic heterocycles. The van der Waals surface area contributed by atoms with E-state index in [1.165, 1.54) is 16.4 Å². The monoisotopic (exact) mass is 348 g/mol. The summed E-state index contributed by atoms with van der Waals surface area (Å²) in [5.41, 5.74) is 0.971. The topological polar surface area (TPSA) is 83.6 Å². The molecule has 0 atom stereocenters. The maximum atomic E-state index is 12.1. The number of aryl methyl sites for hydroxylation is 1. The third kappa shape index (κ3) is 6.04. The molecule has 1 aromatic carbocycles. The molecule has 0 saturated heterocycles. The van der Waals surface area contributed by atoms with E-state index < -0.39 is 20.0 Å². The van der Waals surface area contributed by atoms with Crippen molar-refractivity contribution in [3.05, 3.63) is 29.8 Å². The van der Waals surface area contributed by atoms with Crippen LogP contribution in [0.15, 0.2) is 29.2 Å². The fraction of sp³-hybridized carbons (Fsp3) is 0.571. The highest BCUT2D eigenvalue weighted by Gasteiger charge is 2.19. The molecule has 0 unspecified atom stereocenters. The zero-order valence-corrected chi connectivity index (χ0v) is 15.0. The first kappa shape index (κ1) is 19.1. The SMILES string of the molecule is Cc1ccc(S(=O)(=O)NCCN(CC(C)C)S(C)(=O)=O)cc1. The molecule has 0 aliphatic carbocycles. The van der Waals surface area contributed by atoms with Gasteiger partial charge in [-0.05, 0) is 25.0 Å². The molecular weight excluding hydrogens is 324 g/mol. The Bertz CT molecular complexity index is 680. The average molecular weight is 348 g/mol. The molecule has 22 heavy (non-hydrogen) atoms. The van der Waals surface area contributed by atoms with Crippen molar-refractivity contribution in [2.75, 3.05) is 25.9 Å². The largest absolute Gasteiger partial charge is 0.240 e. The van der Waals surface area contributed by atoms with Gasteiger partial charge in [0.1, 0.15) is 0 Å². The molecule has 0 bridgehead atoms. The van der Waals surface area contributed by atoms with Gasteiger partial charge in [-0.25, -0.2) is 25.9 Å². The van der Waals surface area contributed by atoms with Crippen molar-refractivity contribution in [3.8, 4) is 0 Å². The number of hydrogen-bond donors (Lipinski definition) is 1. The molecule has 1 aromatic rings. The number of benzene rings is 1. The summed E-state index contributed by atoms with van der Waals surface area (Å²) < 4.78 is 51.3. The highest BCUT2D eigenvalue weighted by Crippen LogP contribution is 2.10. The minimum absolute atomic E-state index is 0.0377. The van der Waals surface area contributed by atoms with Crippen LogP contribution >= 0.6 is 0 Å². The van der Waals surface area contributed by atoms with Gasteiger partial charge in [0, 0.05) is 19.6 Å². The maximum absolute atomic E-state index is 12.1. The maximum Gasteiger partial charge on any atom is 0.240 e. The number of rotatable bonds is 8. The van der Waals surface area contributed by atoms with Crippen LogP contribution in [-0.2, 0) is 20.0 Å². The Morgan fingerprint density at radius 1 is 1.09 bits per heavy atom. The highest BCUT2D eigenvalue weighted by molar-refractivity contribution is 7.89. The normalized spacial score (nSPS) is 13.0. The Kier molecular flexibility index (Phi) is 6.54. The van der Waals surface area contributed by atoms with Gasteiger partial charge in [0.05, 0.1) is 11.2 Å². The second-order valence-corrected chi connectivity index (χ2v) is 9.48. The molecule has 8 heteroatoms. The standard InChI is InChI=1S/C14H24N2O4S2/c1-12(2)11-16(21(4,17)18)10-9-15-22(19,20)14-7-5-13(3)6-8-14/h5-8,12,15H,9-11H2,1-4H3. The smallest absolute Gasteiger partial charge is 0.213 e. The molecule has 126 valence electrons. The van der Waals surface area contributed by atoms with Gasteiger partial charge in [-0.3, -0.25) is 0 Å². The molecule has 0 aromatic heterocycles. The fourth-order valence-corrected chi connectivity index (χ4v) is 3.92. The van der Waals surface area contributed by atoms with Gasteiger partial charge in [0.15, 0.2) is 0 Å². The summed E-state index contributed by atoms with van der Waals surface area (Å²) in [6.07, 6.45) is 1.13. The van der Waals surface area contributed by atoms with E-state index in [4.69, 9.17) is 0 Å². The number of sulfonamides is 2. The Hall–Kier alpha value is -0.960. The third-order valence-corrected chi connectivity index (χ3v) is 5.77. The van der Waals surface area contributed by atoms with Gasteiger partial charge in [0.2, 0.25) is 20.0 Å². The lowest BCUT2D eigenvalue weighted by Crippen LogP contribution is -2.39. The summed E-state index contributed by atoms with van der Waals surface area (Å²) in [4.78, 5) is 0.174. The first-order valence-corrected chi connectivity index (χ1v) is 10.4. The van der Waals surface area contributed by atoms with Gasteiger partial charge < -0.3 is 0 Å². The molecule has 1 rings (SSSR count). The van der Waals surface area contributed by atoms with Gasteiger partial charge in [-0.2, -0.15) is 0 Å². The van der Waals surface area contributed by atoms with E-state index in [1.54, 1.807) is 12.1 Å². The van der Waals surface area contributed by atoms with Crippen LogP contribution < -0.4 is 4.72 Å². The Balaban J connectivity index is 2.70. The van der Waals surface area contributed by atoms with E-state index in [2.05, 4.69) is 4.72 Å². The molecule has 0 heterocycles. The summed E-state index contributed by atoms with van der Waals surface area (Å²) in [6, 6.07) is 6.49. The van der Waals surface area contributed by atoms with Crippen LogP contribution in [0.3, 0.4) is 0 Å². The number of nitrogens with zero attached hydrogens (tertiary/aromatic N) is 1. The zero-order valence-electron chi connectivity index (χ0n) is 13.4. The molecule has 1 N–H and O–H groups in total. The summed E-state index contributed by atoms with van der Waals surface area (Å²) in [5.74, 6) is 0.170. The van der Waals surface area contributed by atoms with E-state index >= 15 is 0 Å². The van der Waals surface area contributed by atoms with Crippen LogP contribution in [0.4, 0.5) is 0 Å². The van der Waals surface area contributed by atoms with E-state index in [0.29, 0.717) is 6.54 Å². The van der Waals surface area contributed by atoms with Crippen LogP contribution in [0.5, 0.6) is 0 Å². The van der Waals surface area contributed by atoms with Crippen molar-refractivity contribution in [2.45, 2.75) is 25.7 Å². The van der Waals surface area contributed by atoms with Gasteiger partial charge in [0.25, 0.3) is 0 Å². The quantitative estimate of drug-likeness (QED) is 0.765. The number of nitrogens with one attached hydrogen (secondary N) is 1. The number of hydrogen-bond acceptors (Lipinski definition) is 4. The first-order chi connectivity index (χ1) is 10.0. The lowest BCUT2D eigenvalue weighted by Gasteiger charge is -2.22. The van der Waals surface area contributed by atoms with E-state index in [-0.39, 0.29) is 23.9 Å².